The minimum absolute atomic E-state index is 0. The highest BCUT2D eigenvalue weighted by Gasteiger charge is 2.26. The van der Waals surface area contributed by atoms with Crippen LogP contribution >= 0.6 is 12.4 Å². The van der Waals surface area contributed by atoms with E-state index in [2.05, 4.69) is 24.1 Å². The Morgan fingerprint density at radius 1 is 1.22 bits per heavy atom. The topological polar surface area (TPSA) is 79.0 Å². The highest BCUT2D eigenvalue weighted by molar-refractivity contribution is 7.89. The highest BCUT2D eigenvalue weighted by Crippen LogP contribution is 2.18. The zero-order chi connectivity index (χ0) is 19.0. The molecule has 0 aliphatic carbocycles. The molecule has 9 heteroatoms. The van der Waals surface area contributed by atoms with E-state index in [1.807, 2.05) is 0 Å². The Hall–Kier alpha value is -1.19. The number of benzene rings is 1. The van der Waals surface area contributed by atoms with Crippen LogP contribution in [0.5, 0.6) is 0 Å². The lowest BCUT2D eigenvalue weighted by Gasteiger charge is -2.26. The number of hydrogen-bond acceptors (Lipinski definition) is 5. The van der Waals surface area contributed by atoms with E-state index in [1.165, 1.54) is 16.4 Å². The van der Waals surface area contributed by atoms with Crippen molar-refractivity contribution in [3.05, 3.63) is 29.8 Å². The van der Waals surface area contributed by atoms with Crippen LogP contribution in [0, 0.1) is 0 Å². The van der Waals surface area contributed by atoms with Gasteiger partial charge in [0.1, 0.15) is 0 Å². The molecule has 1 aliphatic heterocycles. The Morgan fingerprint density at radius 3 is 2.52 bits per heavy atom. The fraction of sp³-hybridized carbons (Fsp3) is 0.611. The molecular weight excluding hydrogens is 390 g/mol. The Balaban J connectivity index is 0.00000364. The fourth-order valence-electron chi connectivity index (χ4n) is 2.88. The molecule has 1 amide bonds. The molecule has 7 nitrogen and oxygen atoms in total. The third kappa shape index (κ3) is 6.73. The van der Waals surface area contributed by atoms with E-state index in [0.717, 1.165) is 26.1 Å². The molecule has 1 saturated heterocycles. The summed E-state index contributed by atoms with van der Waals surface area (Å²) in [5.41, 5.74) is 0.363. The predicted molar refractivity (Wildman–Crippen MR) is 108 cm³/mol. The molecule has 0 saturated carbocycles. The van der Waals surface area contributed by atoms with Crippen LogP contribution in [0.15, 0.2) is 29.2 Å². The van der Waals surface area contributed by atoms with E-state index in [1.54, 1.807) is 12.1 Å². The van der Waals surface area contributed by atoms with Crippen LogP contribution in [0.1, 0.15) is 30.6 Å². The fourth-order valence-corrected chi connectivity index (χ4v) is 4.33. The first-order valence-electron chi connectivity index (χ1n) is 9.17. The molecule has 154 valence electrons. The maximum atomic E-state index is 12.7. The maximum absolute atomic E-state index is 12.7. The van der Waals surface area contributed by atoms with Gasteiger partial charge >= 0.3 is 0 Å². The first-order chi connectivity index (χ1) is 12.5. The first-order valence-corrected chi connectivity index (χ1v) is 10.6. The number of amides is 1. The Kier molecular flexibility index (Phi) is 10.3. The molecule has 1 heterocycles. The molecule has 27 heavy (non-hydrogen) atoms. The number of carbonyl (C=O) groups is 1. The summed E-state index contributed by atoms with van der Waals surface area (Å²) in [6.45, 7) is 9.17. The van der Waals surface area contributed by atoms with Gasteiger partial charge in [-0.15, -0.1) is 12.4 Å². The number of nitrogens with zero attached hydrogens (tertiary/aromatic N) is 2. The molecule has 0 aromatic heterocycles. The summed E-state index contributed by atoms with van der Waals surface area (Å²) >= 11 is 0. The normalized spacial score (nSPS) is 15.4. The number of nitrogens with one attached hydrogen (secondary N) is 1. The van der Waals surface area contributed by atoms with E-state index in [9.17, 15) is 13.2 Å². The zero-order valence-electron chi connectivity index (χ0n) is 16.0. The average molecular weight is 420 g/mol. The lowest BCUT2D eigenvalue weighted by atomic mass is 10.2. The minimum Gasteiger partial charge on any atom is -0.379 e. The SMILES string of the molecule is CCN(CC)CCCNC(=O)c1cccc(S(=O)(=O)N2CCOCC2)c1.Cl. The van der Waals surface area contributed by atoms with E-state index in [4.69, 9.17) is 4.74 Å². The average Bonchev–Trinajstić information content (AvgIpc) is 2.68. The minimum atomic E-state index is -3.59. The van der Waals surface area contributed by atoms with Crippen molar-refractivity contribution in [2.45, 2.75) is 25.2 Å². The van der Waals surface area contributed by atoms with Crippen molar-refractivity contribution in [1.29, 1.82) is 0 Å². The van der Waals surface area contributed by atoms with E-state index in [0.29, 0.717) is 38.4 Å². The second-order valence-corrected chi connectivity index (χ2v) is 8.12. The summed E-state index contributed by atoms with van der Waals surface area (Å²) in [5.74, 6) is -0.247. The van der Waals surface area contributed by atoms with Gasteiger partial charge in [0.15, 0.2) is 0 Å². The highest BCUT2D eigenvalue weighted by atomic mass is 35.5. The molecule has 1 aromatic carbocycles. The summed E-state index contributed by atoms with van der Waals surface area (Å²) in [6, 6.07) is 6.22. The molecule has 0 bridgehead atoms. The third-order valence-corrected chi connectivity index (χ3v) is 6.43. The van der Waals surface area contributed by atoms with Crippen LogP contribution in [0.2, 0.25) is 0 Å². The van der Waals surface area contributed by atoms with Gasteiger partial charge in [-0.1, -0.05) is 19.9 Å². The largest absolute Gasteiger partial charge is 0.379 e. The number of hydrogen-bond donors (Lipinski definition) is 1. The van der Waals surface area contributed by atoms with Crippen LogP contribution in [0.25, 0.3) is 0 Å². The van der Waals surface area contributed by atoms with Gasteiger partial charge in [0.05, 0.1) is 18.1 Å². The van der Waals surface area contributed by atoms with Crippen LogP contribution in [0.4, 0.5) is 0 Å². The lowest BCUT2D eigenvalue weighted by molar-refractivity contribution is 0.0730. The molecule has 0 spiro atoms. The molecule has 1 aliphatic rings. The van der Waals surface area contributed by atoms with Crippen LogP contribution in [-0.4, -0.2) is 76.0 Å². The number of sulfonamides is 1. The molecule has 0 unspecified atom stereocenters. The summed E-state index contributed by atoms with van der Waals surface area (Å²) in [4.78, 5) is 14.8. The van der Waals surface area contributed by atoms with E-state index >= 15 is 0 Å². The third-order valence-electron chi connectivity index (χ3n) is 4.54. The molecule has 0 atom stereocenters. The number of carbonyl (C=O) groups excluding carboxylic acids is 1. The summed E-state index contributed by atoms with van der Waals surface area (Å²) in [5, 5.41) is 2.87. The summed E-state index contributed by atoms with van der Waals surface area (Å²) < 4.78 is 32.0. The lowest BCUT2D eigenvalue weighted by Crippen LogP contribution is -2.40. The van der Waals surface area contributed by atoms with Gasteiger partial charge in [0.25, 0.3) is 5.91 Å². The molecule has 1 fully saturated rings. The standard InChI is InChI=1S/C18H29N3O4S.ClH/c1-3-20(4-2)10-6-9-19-18(22)16-7-5-8-17(15-16)26(23,24)21-11-13-25-14-12-21;/h5,7-8,15H,3-4,6,9-14H2,1-2H3,(H,19,22);1H. The Labute approximate surface area is 168 Å². The monoisotopic (exact) mass is 419 g/mol. The van der Waals surface area contributed by atoms with Crippen LogP contribution in [-0.2, 0) is 14.8 Å². The maximum Gasteiger partial charge on any atom is 0.251 e. The van der Waals surface area contributed by atoms with E-state index in [-0.39, 0.29) is 23.2 Å². The predicted octanol–water partition coefficient (Wildman–Crippen LogP) is 1.59. The van der Waals surface area contributed by atoms with Gasteiger partial charge in [-0.3, -0.25) is 4.79 Å². The smallest absolute Gasteiger partial charge is 0.251 e. The molecule has 1 aromatic rings. The number of ether oxygens (including phenoxy) is 1. The van der Waals surface area contributed by atoms with Crippen molar-refractivity contribution in [2.24, 2.45) is 0 Å². The van der Waals surface area contributed by atoms with Crippen molar-refractivity contribution in [3.63, 3.8) is 0 Å². The second-order valence-electron chi connectivity index (χ2n) is 6.18. The van der Waals surface area contributed by atoms with Gasteiger partial charge < -0.3 is 15.0 Å². The molecular formula is C18H30ClN3O4S. The van der Waals surface area contributed by atoms with Gasteiger partial charge in [0.2, 0.25) is 10.0 Å². The van der Waals surface area contributed by atoms with Gasteiger partial charge in [-0.2, -0.15) is 4.31 Å². The first kappa shape index (κ1) is 23.8. The van der Waals surface area contributed by atoms with Crippen molar-refractivity contribution in [1.82, 2.24) is 14.5 Å². The van der Waals surface area contributed by atoms with Crippen molar-refractivity contribution < 1.29 is 17.9 Å². The van der Waals surface area contributed by atoms with Crippen LogP contribution in [0.3, 0.4) is 0 Å². The van der Waals surface area contributed by atoms with Crippen molar-refractivity contribution in [2.75, 3.05) is 52.5 Å². The van der Waals surface area contributed by atoms with Crippen molar-refractivity contribution >= 4 is 28.3 Å². The summed E-state index contributed by atoms with van der Waals surface area (Å²) in [6.07, 6.45) is 0.860. The molecule has 0 radical (unpaired) electrons. The van der Waals surface area contributed by atoms with Gasteiger partial charge in [-0.25, -0.2) is 8.42 Å². The Morgan fingerprint density at radius 2 is 1.89 bits per heavy atom. The molecule has 1 N–H and O–H groups in total. The zero-order valence-corrected chi connectivity index (χ0v) is 17.7. The van der Waals surface area contributed by atoms with Crippen LogP contribution < -0.4 is 5.32 Å². The second kappa shape index (κ2) is 11.6. The molecule has 2 rings (SSSR count). The number of morpholine rings is 1. The number of rotatable bonds is 9. The Bertz CT molecular complexity index is 690. The summed E-state index contributed by atoms with van der Waals surface area (Å²) in [7, 11) is -3.59. The van der Waals surface area contributed by atoms with Crippen molar-refractivity contribution in [3.8, 4) is 0 Å². The van der Waals surface area contributed by atoms with Gasteiger partial charge in [-0.05, 0) is 44.3 Å². The number of halogens is 1. The van der Waals surface area contributed by atoms with Gasteiger partial charge in [0, 0.05) is 25.2 Å². The van der Waals surface area contributed by atoms with E-state index < -0.39 is 10.0 Å². The quantitative estimate of drug-likeness (QED) is 0.615.